The Morgan fingerprint density at radius 3 is 2.50 bits per heavy atom. The molecule has 0 spiro atoms. The van der Waals surface area contributed by atoms with Gasteiger partial charge in [-0.2, -0.15) is 5.10 Å². The molecule has 3 rings (SSSR count). The zero-order valence-corrected chi connectivity index (χ0v) is 12.3. The lowest BCUT2D eigenvalue weighted by Crippen LogP contribution is -1.86. The second kappa shape index (κ2) is 5.44. The van der Waals surface area contributed by atoms with E-state index in [9.17, 15) is 5.11 Å². The summed E-state index contributed by atoms with van der Waals surface area (Å²) in [6.45, 7) is 1.94. The Labute approximate surface area is 127 Å². The molecule has 22 heavy (non-hydrogen) atoms. The molecule has 0 aliphatic heterocycles. The fourth-order valence-corrected chi connectivity index (χ4v) is 2.47. The largest absolute Gasteiger partial charge is 0.593 e. The average Bonchev–Trinajstić information content (AvgIpc) is 2.89. The van der Waals surface area contributed by atoms with Crippen molar-refractivity contribution < 1.29 is 14.9 Å². The van der Waals surface area contributed by atoms with Crippen molar-refractivity contribution in [2.45, 2.75) is 6.92 Å². The molecule has 4 N–H and O–H groups in total. The number of nitrogens with zero attached hydrogens (tertiary/aromatic N) is 1. The van der Waals surface area contributed by atoms with Crippen molar-refractivity contribution in [3.05, 3.63) is 48.2 Å². The van der Waals surface area contributed by atoms with Crippen LogP contribution in [0.3, 0.4) is 0 Å². The Bertz CT molecular complexity index is 807. The molecule has 0 bridgehead atoms. The van der Waals surface area contributed by atoms with Crippen LogP contribution in [0.15, 0.2) is 42.5 Å². The number of phenolic OH excluding ortho intramolecular Hbond substituents is 1. The highest BCUT2D eigenvalue weighted by molar-refractivity contribution is 5.85. The predicted molar refractivity (Wildman–Crippen MR) is 85.5 cm³/mol. The molecule has 0 fully saturated rings. The first-order chi connectivity index (χ1) is 10.6. The second-order valence-electron chi connectivity index (χ2n) is 5.03. The molecule has 1 aromatic heterocycles. The standard InChI is InChI=1S/C17H16N2O3/c1-10-16(11-3-6-13(22-2)7-4-11)17(19-18-10)14-8-5-12(20)9-15(14)21/h3-9,20-21H,1-2H3,(H,18,19)/p+1. The zero-order valence-electron chi connectivity index (χ0n) is 12.3. The van der Waals surface area contributed by atoms with Gasteiger partial charge in [0.25, 0.3) is 5.75 Å². The van der Waals surface area contributed by atoms with E-state index in [0.29, 0.717) is 11.3 Å². The van der Waals surface area contributed by atoms with E-state index in [0.717, 1.165) is 22.6 Å². The minimum atomic E-state index is 0.0498. The minimum absolute atomic E-state index is 0.0498. The molecule has 0 saturated carbocycles. The predicted octanol–water partition coefficient (Wildman–Crippen LogP) is 3.20. The molecule has 0 unspecified atom stereocenters. The van der Waals surface area contributed by atoms with Crippen molar-refractivity contribution in [3.63, 3.8) is 0 Å². The minimum Gasteiger partial charge on any atom is -0.593 e. The molecule has 0 saturated heterocycles. The number of hydrogen-bond donors (Lipinski definition) is 2. The lowest BCUT2D eigenvalue weighted by Gasteiger charge is -2.07. The molecule has 0 amide bonds. The van der Waals surface area contributed by atoms with E-state index in [1.807, 2.05) is 31.2 Å². The lowest BCUT2D eigenvalue weighted by molar-refractivity contribution is 0.415. The summed E-state index contributed by atoms with van der Waals surface area (Å²) < 4.78 is 5.18. The summed E-state index contributed by atoms with van der Waals surface area (Å²) in [7, 11) is 1.63. The molecule has 0 radical (unpaired) electrons. The third-order valence-corrected chi connectivity index (χ3v) is 3.58. The van der Waals surface area contributed by atoms with Crippen LogP contribution in [-0.4, -0.2) is 27.5 Å². The summed E-state index contributed by atoms with van der Waals surface area (Å²) in [5.74, 6) is 1.10. The first kappa shape index (κ1) is 14.0. The van der Waals surface area contributed by atoms with Crippen molar-refractivity contribution in [1.82, 2.24) is 10.2 Å². The van der Waals surface area contributed by atoms with Gasteiger partial charge in [-0.3, -0.25) is 5.10 Å². The van der Waals surface area contributed by atoms with E-state index >= 15 is 0 Å². The van der Waals surface area contributed by atoms with E-state index in [2.05, 4.69) is 10.2 Å². The maximum atomic E-state index is 10.1. The molecule has 1 heterocycles. The van der Waals surface area contributed by atoms with Crippen LogP contribution in [0.1, 0.15) is 5.69 Å². The number of H-pyrrole nitrogens is 1. The van der Waals surface area contributed by atoms with Gasteiger partial charge in [-0.1, -0.05) is 12.1 Å². The first-order valence-electron chi connectivity index (χ1n) is 6.84. The highest BCUT2D eigenvalue weighted by Crippen LogP contribution is 2.38. The van der Waals surface area contributed by atoms with Crippen LogP contribution in [0.4, 0.5) is 0 Å². The highest BCUT2D eigenvalue weighted by Gasteiger charge is 2.18. The fourth-order valence-electron chi connectivity index (χ4n) is 2.47. The van der Waals surface area contributed by atoms with Crippen LogP contribution in [0.5, 0.6) is 17.2 Å². The summed E-state index contributed by atoms with van der Waals surface area (Å²) in [5, 5.41) is 25.0. The van der Waals surface area contributed by atoms with Gasteiger partial charge in [0.05, 0.1) is 13.2 Å². The van der Waals surface area contributed by atoms with Crippen LogP contribution in [0.2, 0.25) is 0 Å². The number of aryl methyl sites for hydroxylation is 1. The topological polar surface area (TPSA) is 81.0 Å². The zero-order chi connectivity index (χ0) is 15.7. The van der Waals surface area contributed by atoms with Gasteiger partial charge in [0.1, 0.15) is 17.2 Å². The number of nitrogens with one attached hydrogen (secondary N) is 1. The number of benzene rings is 2. The molecule has 0 aliphatic rings. The van der Waals surface area contributed by atoms with Gasteiger partial charge >= 0.3 is 0 Å². The monoisotopic (exact) mass is 297 g/mol. The Morgan fingerprint density at radius 1 is 1.14 bits per heavy atom. The number of ether oxygens (including phenoxy) is 1. The normalized spacial score (nSPS) is 10.6. The third-order valence-electron chi connectivity index (χ3n) is 3.58. The van der Waals surface area contributed by atoms with Crippen LogP contribution >= 0.6 is 0 Å². The van der Waals surface area contributed by atoms with E-state index in [4.69, 9.17) is 9.84 Å². The average molecular weight is 297 g/mol. The molecular weight excluding hydrogens is 280 g/mol. The van der Waals surface area contributed by atoms with Crippen molar-refractivity contribution in [2.24, 2.45) is 0 Å². The van der Waals surface area contributed by atoms with E-state index < -0.39 is 0 Å². The molecule has 3 aromatic rings. The van der Waals surface area contributed by atoms with Gasteiger partial charge < -0.3 is 14.9 Å². The summed E-state index contributed by atoms with van der Waals surface area (Å²) in [4.78, 5) is 0. The molecule has 0 aliphatic carbocycles. The van der Waals surface area contributed by atoms with Gasteiger partial charge in [0.15, 0.2) is 0 Å². The maximum absolute atomic E-state index is 10.1. The summed E-state index contributed by atoms with van der Waals surface area (Å²) >= 11 is 0. The summed E-state index contributed by atoms with van der Waals surface area (Å²) in [6, 6.07) is 12.4. The van der Waals surface area contributed by atoms with Crippen molar-refractivity contribution >= 4 is 0 Å². The van der Waals surface area contributed by atoms with Crippen molar-refractivity contribution in [3.8, 4) is 39.6 Å². The Morgan fingerprint density at radius 2 is 1.86 bits per heavy atom. The molecule has 5 nitrogen and oxygen atoms in total. The first-order valence-corrected chi connectivity index (χ1v) is 6.84. The number of methoxy groups -OCH3 is 1. The number of aromatic hydroxyl groups is 1. The number of aromatic amines is 1. The number of phenols is 1. The van der Waals surface area contributed by atoms with E-state index in [-0.39, 0.29) is 11.5 Å². The van der Waals surface area contributed by atoms with Crippen LogP contribution < -0.4 is 4.74 Å². The van der Waals surface area contributed by atoms with Gasteiger partial charge in [0, 0.05) is 22.9 Å². The van der Waals surface area contributed by atoms with Crippen LogP contribution in [0.25, 0.3) is 22.4 Å². The quantitative estimate of drug-likeness (QED) is 0.728. The second-order valence-corrected chi connectivity index (χ2v) is 5.03. The Kier molecular flexibility index (Phi) is 3.47. The maximum Gasteiger partial charge on any atom is 0.257 e. The van der Waals surface area contributed by atoms with Gasteiger partial charge in [-0.05, 0) is 30.7 Å². The van der Waals surface area contributed by atoms with E-state index in [1.54, 1.807) is 19.2 Å². The Hall–Kier alpha value is -2.95. The Balaban J connectivity index is 2.14. The molecular formula is C17H17N2O3+. The molecule has 0 atom stereocenters. The summed E-state index contributed by atoms with van der Waals surface area (Å²) in [6.07, 6.45) is 0. The molecule has 112 valence electrons. The van der Waals surface area contributed by atoms with E-state index in [1.165, 1.54) is 6.07 Å². The molecule has 2 aromatic carbocycles. The van der Waals surface area contributed by atoms with Gasteiger partial charge in [-0.25, -0.2) is 0 Å². The van der Waals surface area contributed by atoms with Crippen LogP contribution in [-0.2, 0) is 0 Å². The van der Waals surface area contributed by atoms with Crippen molar-refractivity contribution in [2.75, 3.05) is 7.11 Å². The number of hydrogen-bond acceptors (Lipinski definition) is 3. The third kappa shape index (κ3) is 2.37. The van der Waals surface area contributed by atoms with Crippen molar-refractivity contribution in [1.29, 1.82) is 0 Å². The number of rotatable bonds is 3. The van der Waals surface area contributed by atoms with Crippen LogP contribution in [0, 0.1) is 6.92 Å². The van der Waals surface area contributed by atoms with Gasteiger partial charge in [0.2, 0.25) is 0 Å². The lowest BCUT2D eigenvalue weighted by atomic mass is 9.98. The summed E-state index contributed by atoms with van der Waals surface area (Å²) in [5.41, 5.74) is 4.09. The smallest absolute Gasteiger partial charge is 0.257 e. The SMILES string of the molecule is COc1ccc(-c2c(-c3ccc([OH2+])cc3O)n[nH]c2C)cc1. The van der Waals surface area contributed by atoms with Gasteiger partial charge in [-0.15, -0.1) is 0 Å². The highest BCUT2D eigenvalue weighted by atomic mass is 16.5. The number of aromatic nitrogens is 2. The fraction of sp³-hybridized carbons (Fsp3) is 0.118. The molecule has 5 heteroatoms.